The van der Waals surface area contributed by atoms with E-state index in [0.29, 0.717) is 11.6 Å². The van der Waals surface area contributed by atoms with Crippen LogP contribution in [0.15, 0.2) is 18.2 Å². The van der Waals surface area contributed by atoms with Crippen molar-refractivity contribution in [3.63, 3.8) is 0 Å². The summed E-state index contributed by atoms with van der Waals surface area (Å²) in [6, 6.07) is 3.02. The van der Waals surface area contributed by atoms with Gasteiger partial charge in [0.2, 0.25) is 0 Å². The van der Waals surface area contributed by atoms with Crippen LogP contribution < -0.4 is 0 Å². The molecule has 64 valence electrons. The van der Waals surface area contributed by atoms with Crippen molar-refractivity contribution < 1.29 is 4.39 Å². The molecule has 0 aliphatic rings. The molecule has 0 saturated heterocycles. The number of allylic oxidation sites excluding steroid dienone is 1. The van der Waals surface area contributed by atoms with E-state index in [2.05, 4.69) is 4.98 Å². The fourth-order valence-corrected chi connectivity index (χ4v) is 0.911. The smallest absolute Gasteiger partial charge is 0.144 e. The fraction of sp³-hybridized carbons (Fsp3) is 0.222. The van der Waals surface area contributed by atoms with Gasteiger partial charge in [-0.1, -0.05) is 6.08 Å². The lowest BCUT2D eigenvalue weighted by molar-refractivity contribution is 0.609. The Hall–Kier alpha value is -0.890. The summed E-state index contributed by atoms with van der Waals surface area (Å²) in [6.07, 6.45) is 3.53. The predicted molar refractivity (Wildman–Crippen MR) is 48.7 cm³/mol. The van der Waals surface area contributed by atoms with Crippen LogP contribution in [-0.4, -0.2) is 10.9 Å². The largest absolute Gasteiger partial charge is 0.251 e. The lowest BCUT2D eigenvalue weighted by Gasteiger charge is -1.96. The van der Waals surface area contributed by atoms with Crippen LogP contribution in [0.2, 0.25) is 0 Å². The summed E-state index contributed by atoms with van der Waals surface area (Å²) in [5, 5.41) is 0. The highest BCUT2D eigenvalue weighted by molar-refractivity contribution is 6.19. The van der Waals surface area contributed by atoms with E-state index in [4.69, 9.17) is 11.6 Å². The summed E-state index contributed by atoms with van der Waals surface area (Å²) in [5.74, 6) is 0.163. The molecule has 1 aromatic rings. The standard InChI is InChI=1S/C9H9ClFN/c1-7-9(11)5-4-8(12-7)3-2-6-10/h2-5H,6H2,1H3. The molecule has 1 nitrogen and oxygen atoms in total. The van der Waals surface area contributed by atoms with E-state index >= 15 is 0 Å². The molecule has 0 aliphatic heterocycles. The van der Waals surface area contributed by atoms with E-state index in [9.17, 15) is 4.39 Å². The average Bonchev–Trinajstić information content (AvgIpc) is 2.07. The van der Waals surface area contributed by atoms with E-state index in [1.165, 1.54) is 6.07 Å². The number of alkyl halides is 1. The first-order valence-electron chi connectivity index (χ1n) is 3.59. The molecule has 0 fully saturated rings. The number of halogens is 2. The van der Waals surface area contributed by atoms with Gasteiger partial charge in [-0.2, -0.15) is 0 Å². The van der Waals surface area contributed by atoms with Crippen molar-refractivity contribution in [2.24, 2.45) is 0 Å². The third kappa shape index (κ3) is 2.31. The van der Waals surface area contributed by atoms with Gasteiger partial charge in [0.15, 0.2) is 0 Å². The molecule has 0 aliphatic carbocycles. The lowest BCUT2D eigenvalue weighted by Crippen LogP contribution is -1.89. The van der Waals surface area contributed by atoms with Gasteiger partial charge in [0.1, 0.15) is 5.82 Å². The van der Waals surface area contributed by atoms with Gasteiger partial charge >= 0.3 is 0 Å². The molecule has 3 heteroatoms. The van der Waals surface area contributed by atoms with E-state index in [-0.39, 0.29) is 5.82 Å². The number of hydrogen-bond acceptors (Lipinski definition) is 1. The zero-order valence-electron chi connectivity index (χ0n) is 6.72. The van der Waals surface area contributed by atoms with Crippen molar-refractivity contribution >= 4 is 17.7 Å². The van der Waals surface area contributed by atoms with Crippen molar-refractivity contribution in [3.05, 3.63) is 35.4 Å². The first-order chi connectivity index (χ1) is 5.74. The molecule has 0 atom stereocenters. The van der Waals surface area contributed by atoms with E-state index in [1.807, 2.05) is 0 Å². The zero-order chi connectivity index (χ0) is 8.97. The second-order valence-electron chi connectivity index (χ2n) is 2.36. The van der Waals surface area contributed by atoms with Crippen LogP contribution in [0.25, 0.3) is 6.08 Å². The Labute approximate surface area is 75.9 Å². The zero-order valence-corrected chi connectivity index (χ0v) is 7.48. The molecule has 0 unspecified atom stereocenters. The fourth-order valence-electron chi connectivity index (χ4n) is 0.822. The summed E-state index contributed by atoms with van der Waals surface area (Å²) in [7, 11) is 0. The number of aryl methyl sites for hydroxylation is 1. The second-order valence-corrected chi connectivity index (χ2v) is 2.67. The topological polar surface area (TPSA) is 12.9 Å². The highest BCUT2D eigenvalue weighted by Crippen LogP contribution is 2.05. The Kier molecular flexibility index (Phi) is 3.23. The normalized spacial score (nSPS) is 10.9. The first kappa shape index (κ1) is 9.20. The molecule has 1 heterocycles. The third-order valence-corrected chi connectivity index (χ3v) is 1.60. The van der Waals surface area contributed by atoms with E-state index < -0.39 is 0 Å². The van der Waals surface area contributed by atoms with Gasteiger partial charge in [0.25, 0.3) is 0 Å². The summed E-state index contributed by atoms with van der Waals surface area (Å²) in [6.45, 7) is 1.63. The van der Waals surface area contributed by atoms with Crippen molar-refractivity contribution in [2.75, 3.05) is 5.88 Å². The SMILES string of the molecule is Cc1nc(C=CCCl)ccc1F. The molecule has 0 N–H and O–H groups in total. The highest BCUT2D eigenvalue weighted by atomic mass is 35.5. The van der Waals surface area contributed by atoms with Crippen LogP contribution in [0.5, 0.6) is 0 Å². The molecule has 0 radical (unpaired) electrons. The first-order valence-corrected chi connectivity index (χ1v) is 4.13. The summed E-state index contributed by atoms with van der Waals surface area (Å²) < 4.78 is 12.7. The average molecular weight is 186 g/mol. The molecule has 0 saturated carbocycles. The highest BCUT2D eigenvalue weighted by Gasteiger charge is 1.96. The minimum Gasteiger partial charge on any atom is -0.251 e. The van der Waals surface area contributed by atoms with Crippen molar-refractivity contribution in [3.8, 4) is 0 Å². The van der Waals surface area contributed by atoms with E-state index in [1.54, 1.807) is 25.1 Å². The van der Waals surface area contributed by atoms with Crippen molar-refractivity contribution in [1.82, 2.24) is 4.98 Å². The number of hydrogen-bond donors (Lipinski definition) is 0. The predicted octanol–water partition coefficient (Wildman–Crippen LogP) is 2.78. The number of nitrogens with zero attached hydrogens (tertiary/aromatic N) is 1. The van der Waals surface area contributed by atoms with Crippen LogP contribution in [0.3, 0.4) is 0 Å². The third-order valence-electron chi connectivity index (χ3n) is 1.42. The lowest BCUT2D eigenvalue weighted by atomic mass is 10.3. The van der Waals surface area contributed by atoms with Crippen LogP contribution in [0.4, 0.5) is 4.39 Å². The Balaban J connectivity index is 2.89. The maximum atomic E-state index is 12.7. The Morgan fingerprint density at radius 2 is 2.33 bits per heavy atom. The summed E-state index contributed by atoms with van der Waals surface area (Å²) >= 11 is 5.43. The van der Waals surface area contributed by atoms with Gasteiger partial charge in [-0.25, -0.2) is 4.39 Å². The van der Waals surface area contributed by atoms with Crippen molar-refractivity contribution in [2.45, 2.75) is 6.92 Å². The summed E-state index contributed by atoms with van der Waals surface area (Å²) in [5.41, 5.74) is 1.14. The molecular weight excluding hydrogens is 177 g/mol. The minimum absolute atomic E-state index is 0.280. The molecule has 1 rings (SSSR count). The number of aromatic nitrogens is 1. The summed E-state index contributed by atoms with van der Waals surface area (Å²) in [4.78, 5) is 3.99. The molecule has 0 amide bonds. The monoisotopic (exact) mass is 185 g/mol. The second kappa shape index (κ2) is 4.21. The van der Waals surface area contributed by atoms with Crippen LogP contribution >= 0.6 is 11.6 Å². The molecule has 1 aromatic heterocycles. The molecule has 0 aromatic carbocycles. The van der Waals surface area contributed by atoms with Gasteiger partial charge in [-0.3, -0.25) is 4.98 Å². The van der Waals surface area contributed by atoms with Crippen LogP contribution in [-0.2, 0) is 0 Å². The van der Waals surface area contributed by atoms with Gasteiger partial charge in [-0.15, -0.1) is 11.6 Å². The minimum atomic E-state index is -0.280. The Morgan fingerprint density at radius 1 is 1.58 bits per heavy atom. The van der Waals surface area contributed by atoms with E-state index in [0.717, 1.165) is 5.69 Å². The Bertz CT molecular complexity index is 297. The quantitative estimate of drug-likeness (QED) is 0.646. The van der Waals surface area contributed by atoms with Gasteiger partial charge in [0, 0.05) is 5.88 Å². The molecule has 0 spiro atoms. The van der Waals surface area contributed by atoms with Crippen molar-refractivity contribution in [1.29, 1.82) is 0 Å². The van der Waals surface area contributed by atoms with Gasteiger partial charge < -0.3 is 0 Å². The number of pyridine rings is 1. The maximum absolute atomic E-state index is 12.7. The Morgan fingerprint density at radius 3 is 2.92 bits per heavy atom. The molecular formula is C9H9ClFN. The molecule has 12 heavy (non-hydrogen) atoms. The van der Waals surface area contributed by atoms with Crippen LogP contribution in [0.1, 0.15) is 11.4 Å². The molecule has 0 bridgehead atoms. The van der Waals surface area contributed by atoms with Gasteiger partial charge in [-0.05, 0) is 25.1 Å². The maximum Gasteiger partial charge on any atom is 0.144 e. The van der Waals surface area contributed by atoms with Crippen LogP contribution in [0, 0.1) is 12.7 Å². The number of rotatable bonds is 2. The van der Waals surface area contributed by atoms with Gasteiger partial charge in [0.05, 0.1) is 11.4 Å².